The quantitative estimate of drug-likeness (QED) is 0.654. The molecule has 3 nitrogen and oxygen atoms in total. The van der Waals surface area contributed by atoms with Crippen LogP contribution in [0.1, 0.15) is 41.6 Å². The second-order valence-corrected chi connectivity index (χ2v) is 8.35. The first-order valence-electron chi connectivity index (χ1n) is 8.58. The summed E-state index contributed by atoms with van der Waals surface area (Å²) in [6, 6.07) is 18.6. The molecule has 134 valence electrons. The molecule has 1 amide bonds. The number of aromatic hydroxyl groups is 1. The molecule has 0 fully saturated rings. The van der Waals surface area contributed by atoms with Gasteiger partial charge in [0.15, 0.2) is 0 Å². The van der Waals surface area contributed by atoms with E-state index in [9.17, 15) is 9.90 Å². The highest BCUT2D eigenvalue weighted by atomic mass is 32.1. The summed E-state index contributed by atoms with van der Waals surface area (Å²) in [7, 11) is 0. The van der Waals surface area contributed by atoms with Crippen LogP contribution in [0.15, 0.2) is 66.0 Å². The zero-order valence-corrected chi connectivity index (χ0v) is 16.1. The number of hydrogen-bond donors (Lipinski definition) is 1. The lowest BCUT2D eigenvalue weighted by Crippen LogP contribution is -2.30. The molecule has 0 saturated heterocycles. The van der Waals surface area contributed by atoms with Gasteiger partial charge in [0.05, 0.1) is 6.54 Å². The highest BCUT2D eigenvalue weighted by Gasteiger charge is 2.20. The molecule has 1 N–H and O–H groups in total. The summed E-state index contributed by atoms with van der Waals surface area (Å²) in [5, 5.41) is 11.6. The van der Waals surface area contributed by atoms with Gasteiger partial charge in [-0.25, -0.2) is 0 Å². The van der Waals surface area contributed by atoms with Crippen molar-refractivity contribution in [3.8, 4) is 5.75 Å². The van der Waals surface area contributed by atoms with E-state index in [1.165, 1.54) is 5.56 Å². The van der Waals surface area contributed by atoms with Crippen molar-refractivity contribution in [1.29, 1.82) is 0 Å². The Morgan fingerprint density at radius 1 is 1.00 bits per heavy atom. The van der Waals surface area contributed by atoms with E-state index in [2.05, 4.69) is 20.8 Å². The summed E-state index contributed by atoms with van der Waals surface area (Å²) in [4.78, 5) is 16.0. The smallest absolute Gasteiger partial charge is 0.258 e. The van der Waals surface area contributed by atoms with Crippen molar-refractivity contribution in [2.24, 2.45) is 0 Å². The fourth-order valence-corrected chi connectivity index (χ4v) is 3.43. The monoisotopic (exact) mass is 365 g/mol. The number of carbonyl (C=O) groups is 1. The lowest BCUT2D eigenvalue weighted by molar-refractivity contribution is 0.0985. The maximum atomic E-state index is 13.2. The fraction of sp³-hybridized carbons (Fsp3) is 0.227. The molecule has 0 aliphatic carbocycles. The van der Waals surface area contributed by atoms with Gasteiger partial charge >= 0.3 is 0 Å². The van der Waals surface area contributed by atoms with Crippen molar-refractivity contribution < 1.29 is 9.90 Å². The number of hydrogen-bond acceptors (Lipinski definition) is 3. The summed E-state index contributed by atoms with van der Waals surface area (Å²) >= 11 is 1.62. The van der Waals surface area contributed by atoms with Crippen molar-refractivity contribution in [3.05, 3.63) is 82.0 Å². The van der Waals surface area contributed by atoms with Crippen LogP contribution in [0.4, 0.5) is 5.69 Å². The van der Waals surface area contributed by atoms with E-state index in [1.807, 2.05) is 41.8 Å². The normalized spacial score (nSPS) is 11.3. The maximum absolute atomic E-state index is 13.2. The summed E-state index contributed by atoms with van der Waals surface area (Å²) in [6.45, 7) is 6.97. The number of thiophene rings is 1. The van der Waals surface area contributed by atoms with Gasteiger partial charge in [0, 0.05) is 16.1 Å². The van der Waals surface area contributed by atoms with Crippen LogP contribution in [0, 0.1) is 0 Å². The summed E-state index contributed by atoms with van der Waals surface area (Å²) < 4.78 is 0. The van der Waals surface area contributed by atoms with Crippen molar-refractivity contribution >= 4 is 22.9 Å². The molecule has 2 aromatic carbocycles. The predicted octanol–water partition coefficient (Wildman–Crippen LogP) is 5.60. The second-order valence-electron chi connectivity index (χ2n) is 7.31. The third-order valence-corrected chi connectivity index (χ3v) is 5.16. The molecule has 3 rings (SSSR count). The summed E-state index contributed by atoms with van der Waals surface area (Å²) in [5.41, 5.74) is 2.67. The van der Waals surface area contributed by atoms with E-state index in [1.54, 1.807) is 40.5 Å². The third-order valence-electron chi connectivity index (χ3n) is 4.30. The molecule has 1 aromatic heterocycles. The van der Waals surface area contributed by atoms with Gasteiger partial charge in [0.1, 0.15) is 5.75 Å². The number of anilines is 1. The van der Waals surface area contributed by atoms with Crippen LogP contribution < -0.4 is 4.90 Å². The molecular weight excluding hydrogens is 342 g/mol. The number of phenols is 1. The average Bonchev–Trinajstić information content (AvgIpc) is 3.13. The first-order chi connectivity index (χ1) is 12.3. The second kappa shape index (κ2) is 7.34. The molecule has 26 heavy (non-hydrogen) atoms. The number of carbonyl (C=O) groups excluding carboxylic acids is 1. The van der Waals surface area contributed by atoms with E-state index in [0.29, 0.717) is 12.1 Å². The van der Waals surface area contributed by atoms with Gasteiger partial charge in [-0.1, -0.05) is 39.0 Å². The number of phenolic OH excluding ortho intramolecular Hbond substituents is 1. The Kier molecular flexibility index (Phi) is 5.14. The van der Waals surface area contributed by atoms with Crippen LogP contribution in [0.25, 0.3) is 0 Å². The van der Waals surface area contributed by atoms with Gasteiger partial charge in [-0.05, 0) is 58.8 Å². The van der Waals surface area contributed by atoms with Crippen LogP contribution in [0.3, 0.4) is 0 Å². The van der Waals surface area contributed by atoms with Crippen molar-refractivity contribution in [2.75, 3.05) is 4.90 Å². The van der Waals surface area contributed by atoms with Crippen molar-refractivity contribution in [2.45, 2.75) is 32.7 Å². The minimum absolute atomic E-state index is 0.0508. The molecule has 0 spiro atoms. The largest absolute Gasteiger partial charge is 0.508 e. The maximum Gasteiger partial charge on any atom is 0.258 e. The van der Waals surface area contributed by atoms with Crippen LogP contribution in [-0.2, 0) is 12.0 Å². The van der Waals surface area contributed by atoms with E-state index >= 15 is 0 Å². The van der Waals surface area contributed by atoms with Gasteiger partial charge in [0.2, 0.25) is 0 Å². The predicted molar refractivity (Wildman–Crippen MR) is 108 cm³/mol. The van der Waals surface area contributed by atoms with Crippen molar-refractivity contribution in [1.82, 2.24) is 0 Å². The molecule has 0 aliphatic rings. The van der Waals surface area contributed by atoms with Gasteiger partial charge in [-0.3, -0.25) is 4.79 Å². The van der Waals surface area contributed by atoms with Gasteiger partial charge < -0.3 is 10.0 Å². The Morgan fingerprint density at radius 3 is 2.19 bits per heavy atom. The van der Waals surface area contributed by atoms with Crippen LogP contribution in [0.2, 0.25) is 0 Å². The molecule has 0 radical (unpaired) electrons. The zero-order chi connectivity index (χ0) is 18.7. The Balaban J connectivity index is 1.92. The summed E-state index contributed by atoms with van der Waals surface area (Å²) in [5.74, 6) is 0.136. The first-order valence-corrected chi connectivity index (χ1v) is 9.46. The number of nitrogens with zero attached hydrogens (tertiary/aromatic N) is 1. The topological polar surface area (TPSA) is 40.5 Å². The first kappa shape index (κ1) is 18.2. The van der Waals surface area contributed by atoms with Gasteiger partial charge in [-0.15, -0.1) is 11.3 Å². The minimum atomic E-state index is -0.0513. The van der Waals surface area contributed by atoms with E-state index in [0.717, 1.165) is 10.6 Å². The fourth-order valence-electron chi connectivity index (χ4n) is 2.74. The number of benzene rings is 2. The Bertz CT molecular complexity index is 860. The Hall–Kier alpha value is -2.59. The molecular formula is C22H23NO2S. The third kappa shape index (κ3) is 4.14. The molecule has 0 aliphatic heterocycles. The molecule has 0 atom stereocenters. The standard InChI is InChI=1S/C22H23NO2S/c1-22(2,3)17-8-6-16(7-9-17)21(25)23(15-20-5-4-14-26-20)18-10-12-19(24)13-11-18/h4-14,24H,15H2,1-3H3. The van der Waals surface area contributed by atoms with Crippen molar-refractivity contribution in [3.63, 3.8) is 0 Å². The molecule has 0 bridgehead atoms. The Labute approximate surface area is 158 Å². The minimum Gasteiger partial charge on any atom is -0.508 e. The van der Waals surface area contributed by atoms with Crippen LogP contribution in [0.5, 0.6) is 5.75 Å². The zero-order valence-electron chi connectivity index (χ0n) is 15.3. The lowest BCUT2D eigenvalue weighted by Gasteiger charge is -2.23. The molecule has 4 heteroatoms. The van der Waals surface area contributed by atoms with E-state index < -0.39 is 0 Å². The van der Waals surface area contributed by atoms with E-state index in [-0.39, 0.29) is 17.1 Å². The Morgan fingerprint density at radius 2 is 1.65 bits per heavy atom. The average molecular weight is 365 g/mol. The molecule has 0 unspecified atom stereocenters. The van der Waals surface area contributed by atoms with Crippen LogP contribution in [-0.4, -0.2) is 11.0 Å². The van der Waals surface area contributed by atoms with Crippen LogP contribution >= 0.6 is 11.3 Å². The summed E-state index contributed by atoms with van der Waals surface area (Å²) in [6.07, 6.45) is 0. The highest BCUT2D eigenvalue weighted by molar-refractivity contribution is 7.09. The number of rotatable bonds is 4. The van der Waals surface area contributed by atoms with Gasteiger partial charge in [0.25, 0.3) is 5.91 Å². The number of amides is 1. The molecule has 1 heterocycles. The van der Waals surface area contributed by atoms with E-state index in [4.69, 9.17) is 0 Å². The highest BCUT2D eigenvalue weighted by Crippen LogP contribution is 2.26. The molecule has 3 aromatic rings. The molecule has 0 saturated carbocycles. The van der Waals surface area contributed by atoms with Gasteiger partial charge in [-0.2, -0.15) is 0 Å². The lowest BCUT2D eigenvalue weighted by atomic mass is 9.86. The SMILES string of the molecule is CC(C)(C)c1ccc(C(=O)N(Cc2cccs2)c2ccc(O)cc2)cc1.